The molecule has 0 aromatic heterocycles. The Morgan fingerprint density at radius 1 is 1.47 bits per heavy atom. The van der Waals surface area contributed by atoms with Crippen LogP contribution < -0.4 is 5.32 Å². The van der Waals surface area contributed by atoms with Crippen LogP contribution in [0.25, 0.3) is 0 Å². The standard InChI is InChI=1S/C12H19NO2/c1-8-7-9(14)5-6-10(8)13-11(15)12(2,3)4/h5-6,8,10H,7H2,1-4H3,(H,13,15). The van der Waals surface area contributed by atoms with Gasteiger partial charge in [-0.25, -0.2) is 0 Å². The minimum Gasteiger partial charge on any atom is -0.349 e. The maximum absolute atomic E-state index is 11.7. The Kier molecular flexibility index (Phi) is 3.32. The maximum Gasteiger partial charge on any atom is 0.225 e. The predicted molar refractivity (Wildman–Crippen MR) is 59.3 cm³/mol. The number of amides is 1. The van der Waals surface area contributed by atoms with E-state index in [9.17, 15) is 9.59 Å². The fourth-order valence-electron chi connectivity index (χ4n) is 1.47. The van der Waals surface area contributed by atoms with E-state index in [2.05, 4.69) is 5.32 Å². The minimum atomic E-state index is -0.380. The molecule has 0 radical (unpaired) electrons. The summed E-state index contributed by atoms with van der Waals surface area (Å²) in [5, 5.41) is 2.95. The van der Waals surface area contributed by atoms with Crippen molar-refractivity contribution in [2.75, 3.05) is 0 Å². The third kappa shape index (κ3) is 3.18. The van der Waals surface area contributed by atoms with Crippen molar-refractivity contribution in [3.05, 3.63) is 12.2 Å². The van der Waals surface area contributed by atoms with Crippen LogP contribution in [0.4, 0.5) is 0 Å². The maximum atomic E-state index is 11.7. The zero-order valence-electron chi connectivity index (χ0n) is 9.83. The Morgan fingerprint density at radius 3 is 2.53 bits per heavy atom. The van der Waals surface area contributed by atoms with Crippen molar-refractivity contribution < 1.29 is 9.59 Å². The molecule has 0 spiro atoms. The number of ketones is 1. The summed E-state index contributed by atoms with van der Waals surface area (Å²) in [6.45, 7) is 7.62. The average molecular weight is 209 g/mol. The molecule has 0 saturated heterocycles. The molecule has 1 aliphatic carbocycles. The Hall–Kier alpha value is -1.12. The number of hydrogen-bond acceptors (Lipinski definition) is 2. The third-order valence-electron chi connectivity index (χ3n) is 2.60. The number of rotatable bonds is 1. The van der Waals surface area contributed by atoms with Gasteiger partial charge in [0.2, 0.25) is 5.91 Å². The number of nitrogens with one attached hydrogen (secondary N) is 1. The van der Waals surface area contributed by atoms with Gasteiger partial charge in [-0.2, -0.15) is 0 Å². The van der Waals surface area contributed by atoms with Crippen molar-refractivity contribution in [1.82, 2.24) is 5.32 Å². The molecule has 3 heteroatoms. The van der Waals surface area contributed by atoms with Crippen LogP contribution in [0.15, 0.2) is 12.2 Å². The largest absolute Gasteiger partial charge is 0.349 e. The van der Waals surface area contributed by atoms with E-state index in [-0.39, 0.29) is 29.1 Å². The first-order valence-electron chi connectivity index (χ1n) is 5.32. The summed E-state index contributed by atoms with van der Waals surface area (Å²) in [6, 6.07) is -0.00516. The topological polar surface area (TPSA) is 46.2 Å². The van der Waals surface area contributed by atoms with Gasteiger partial charge in [-0.15, -0.1) is 0 Å². The minimum absolute atomic E-state index is 0.00516. The summed E-state index contributed by atoms with van der Waals surface area (Å²) in [5.74, 6) is 0.357. The highest BCUT2D eigenvalue weighted by Gasteiger charge is 2.27. The highest BCUT2D eigenvalue weighted by atomic mass is 16.2. The molecule has 2 unspecified atom stereocenters. The van der Waals surface area contributed by atoms with Crippen LogP contribution in [0.2, 0.25) is 0 Å². The van der Waals surface area contributed by atoms with Crippen molar-refractivity contribution in [3.8, 4) is 0 Å². The van der Waals surface area contributed by atoms with Crippen LogP contribution in [0.3, 0.4) is 0 Å². The van der Waals surface area contributed by atoms with E-state index in [0.29, 0.717) is 6.42 Å². The molecule has 0 saturated carbocycles. The molecular formula is C12H19NO2. The molecule has 0 fully saturated rings. The molecule has 15 heavy (non-hydrogen) atoms. The van der Waals surface area contributed by atoms with Crippen molar-refractivity contribution >= 4 is 11.7 Å². The van der Waals surface area contributed by atoms with Crippen LogP contribution in [-0.2, 0) is 9.59 Å². The van der Waals surface area contributed by atoms with Crippen molar-refractivity contribution in [2.45, 2.75) is 40.2 Å². The summed E-state index contributed by atoms with van der Waals surface area (Å²) in [5.41, 5.74) is -0.380. The van der Waals surface area contributed by atoms with Gasteiger partial charge in [0.15, 0.2) is 5.78 Å². The SMILES string of the molecule is CC1CC(=O)C=CC1NC(=O)C(C)(C)C. The van der Waals surface area contributed by atoms with E-state index < -0.39 is 0 Å². The summed E-state index contributed by atoms with van der Waals surface area (Å²) in [4.78, 5) is 22.8. The second kappa shape index (κ2) is 4.17. The van der Waals surface area contributed by atoms with E-state index in [0.717, 1.165) is 0 Å². The zero-order valence-corrected chi connectivity index (χ0v) is 9.83. The van der Waals surface area contributed by atoms with Gasteiger partial charge in [0, 0.05) is 11.8 Å². The number of carbonyl (C=O) groups is 2. The monoisotopic (exact) mass is 209 g/mol. The fourth-order valence-corrected chi connectivity index (χ4v) is 1.47. The van der Waals surface area contributed by atoms with Gasteiger partial charge in [-0.3, -0.25) is 9.59 Å². The van der Waals surface area contributed by atoms with E-state index >= 15 is 0 Å². The molecular weight excluding hydrogens is 190 g/mol. The molecule has 0 aromatic carbocycles. The van der Waals surface area contributed by atoms with Crippen LogP contribution in [0.1, 0.15) is 34.1 Å². The first-order valence-corrected chi connectivity index (χ1v) is 5.32. The number of carbonyl (C=O) groups excluding carboxylic acids is 2. The smallest absolute Gasteiger partial charge is 0.225 e. The van der Waals surface area contributed by atoms with Crippen molar-refractivity contribution in [1.29, 1.82) is 0 Å². The molecule has 0 heterocycles. The number of hydrogen-bond donors (Lipinski definition) is 1. The van der Waals surface area contributed by atoms with Crippen LogP contribution in [0, 0.1) is 11.3 Å². The third-order valence-corrected chi connectivity index (χ3v) is 2.60. The van der Waals surface area contributed by atoms with Crippen molar-refractivity contribution in [2.24, 2.45) is 11.3 Å². The zero-order chi connectivity index (χ0) is 11.6. The Morgan fingerprint density at radius 2 is 2.07 bits per heavy atom. The molecule has 3 nitrogen and oxygen atoms in total. The van der Waals surface area contributed by atoms with Gasteiger partial charge < -0.3 is 5.32 Å². The van der Waals surface area contributed by atoms with E-state index in [1.54, 1.807) is 12.2 Å². The molecule has 1 aliphatic rings. The lowest BCUT2D eigenvalue weighted by Crippen LogP contribution is -2.45. The van der Waals surface area contributed by atoms with E-state index in [1.165, 1.54) is 0 Å². The van der Waals surface area contributed by atoms with Gasteiger partial charge in [0.1, 0.15) is 0 Å². The van der Waals surface area contributed by atoms with Gasteiger partial charge in [-0.05, 0) is 12.0 Å². The molecule has 0 aliphatic heterocycles. The van der Waals surface area contributed by atoms with Crippen molar-refractivity contribution in [3.63, 3.8) is 0 Å². The quantitative estimate of drug-likeness (QED) is 0.714. The normalized spacial score (nSPS) is 26.5. The highest BCUT2D eigenvalue weighted by molar-refractivity contribution is 5.91. The first-order chi connectivity index (χ1) is 6.80. The van der Waals surface area contributed by atoms with Crippen LogP contribution in [0.5, 0.6) is 0 Å². The summed E-state index contributed by atoms with van der Waals surface area (Å²) >= 11 is 0. The molecule has 0 bridgehead atoms. The fraction of sp³-hybridized carbons (Fsp3) is 0.667. The molecule has 1 amide bonds. The predicted octanol–water partition coefficient (Wildman–Crippen LogP) is 1.68. The highest BCUT2D eigenvalue weighted by Crippen LogP contribution is 2.19. The van der Waals surface area contributed by atoms with Crippen LogP contribution in [-0.4, -0.2) is 17.7 Å². The lowest BCUT2D eigenvalue weighted by molar-refractivity contribution is -0.129. The average Bonchev–Trinajstić information content (AvgIpc) is 2.08. The molecule has 1 N–H and O–H groups in total. The Labute approximate surface area is 90.9 Å². The van der Waals surface area contributed by atoms with E-state index in [4.69, 9.17) is 0 Å². The summed E-state index contributed by atoms with van der Waals surface area (Å²) in [7, 11) is 0. The summed E-state index contributed by atoms with van der Waals surface area (Å²) in [6.07, 6.45) is 3.87. The van der Waals surface area contributed by atoms with Gasteiger partial charge in [-0.1, -0.05) is 33.8 Å². The molecule has 1 rings (SSSR count). The first kappa shape index (κ1) is 12.0. The Bertz CT molecular complexity index is 299. The van der Waals surface area contributed by atoms with Gasteiger partial charge >= 0.3 is 0 Å². The number of allylic oxidation sites excluding steroid dienone is 1. The lowest BCUT2D eigenvalue weighted by atomic mass is 9.88. The second-order valence-electron chi connectivity index (χ2n) is 5.26. The summed E-state index contributed by atoms with van der Waals surface area (Å²) < 4.78 is 0. The van der Waals surface area contributed by atoms with Gasteiger partial charge in [0.25, 0.3) is 0 Å². The lowest BCUT2D eigenvalue weighted by Gasteiger charge is -2.28. The Balaban J connectivity index is 2.63. The molecule has 84 valence electrons. The molecule has 0 aromatic rings. The van der Waals surface area contributed by atoms with Crippen LogP contribution >= 0.6 is 0 Å². The second-order valence-corrected chi connectivity index (χ2v) is 5.26. The van der Waals surface area contributed by atoms with Gasteiger partial charge in [0.05, 0.1) is 6.04 Å². The van der Waals surface area contributed by atoms with E-state index in [1.807, 2.05) is 27.7 Å². The molecule has 2 atom stereocenters.